The van der Waals surface area contributed by atoms with Gasteiger partial charge in [0, 0.05) is 23.5 Å². The van der Waals surface area contributed by atoms with Crippen molar-refractivity contribution in [2.24, 2.45) is 0 Å². The lowest BCUT2D eigenvalue weighted by molar-refractivity contribution is 0.577. The van der Waals surface area contributed by atoms with E-state index in [1.54, 1.807) is 0 Å². The van der Waals surface area contributed by atoms with Gasteiger partial charge in [0.25, 0.3) is 0 Å². The maximum atomic E-state index is 6.41. The molecule has 2 aromatic carbocycles. The summed E-state index contributed by atoms with van der Waals surface area (Å²) in [5.41, 5.74) is 3.94. The number of hydrogen-bond donors (Lipinski definition) is 1. The molecule has 0 bridgehead atoms. The maximum absolute atomic E-state index is 6.41. The molecule has 2 heteroatoms. The molecule has 2 aromatic rings. The van der Waals surface area contributed by atoms with E-state index in [9.17, 15) is 0 Å². The molecule has 0 aliphatic heterocycles. The highest BCUT2D eigenvalue weighted by atomic mass is 35.5. The molecule has 1 saturated carbocycles. The van der Waals surface area contributed by atoms with Crippen LogP contribution >= 0.6 is 11.6 Å². The van der Waals surface area contributed by atoms with E-state index in [0.29, 0.717) is 5.92 Å². The number of hydrogen-bond acceptors (Lipinski definition) is 1. The van der Waals surface area contributed by atoms with Gasteiger partial charge in [0.2, 0.25) is 0 Å². The molecule has 0 saturated heterocycles. The van der Waals surface area contributed by atoms with Crippen molar-refractivity contribution in [3.05, 3.63) is 70.2 Å². The number of halogens is 1. The first-order valence-electron chi connectivity index (χ1n) is 7.76. The number of rotatable bonds is 6. The minimum absolute atomic E-state index is 0.432. The summed E-state index contributed by atoms with van der Waals surface area (Å²) in [7, 11) is 0. The standard InChI is InChI=1S/C19H22ClN/c1-14-6-8-15(9-7-14)12-16(13-21-17-10-11-17)18-4-2-3-5-19(18)20/h2-9,16-17,21H,10-13H2,1H3. The zero-order valence-electron chi connectivity index (χ0n) is 12.5. The van der Waals surface area contributed by atoms with E-state index in [4.69, 9.17) is 11.6 Å². The Balaban J connectivity index is 1.77. The zero-order valence-corrected chi connectivity index (χ0v) is 13.2. The van der Waals surface area contributed by atoms with E-state index in [1.807, 2.05) is 12.1 Å². The number of aryl methyl sites for hydroxylation is 1. The van der Waals surface area contributed by atoms with E-state index in [2.05, 4.69) is 48.6 Å². The lowest BCUT2D eigenvalue weighted by Gasteiger charge is -2.19. The van der Waals surface area contributed by atoms with Gasteiger partial charge in [0.1, 0.15) is 0 Å². The third-order valence-electron chi connectivity index (χ3n) is 4.18. The largest absolute Gasteiger partial charge is 0.313 e. The second-order valence-corrected chi connectivity index (χ2v) is 6.50. The second kappa shape index (κ2) is 6.64. The normalized spacial score (nSPS) is 15.9. The summed E-state index contributed by atoms with van der Waals surface area (Å²) in [5.74, 6) is 0.432. The highest BCUT2D eigenvalue weighted by Crippen LogP contribution is 2.28. The molecule has 0 aromatic heterocycles. The molecular formula is C19H22ClN. The molecule has 1 aliphatic carbocycles. The van der Waals surface area contributed by atoms with Gasteiger partial charge in [0.15, 0.2) is 0 Å². The van der Waals surface area contributed by atoms with Gasteiger partial charge >= 0.3 is 0 Å². The Kier molecular flexibility index (Phi) is 4.62. The summed E-state index contributed by atoms with van der Waals surface area (Å²) in [5, 5.41) is 4.54. The molecule has 1 N–H and O–H groups in total. The van der Waals surface area contributed by atoms with Crippen LogP contribution in [-0.4, -0.2) is 12.6 Å². The Labute approximate surface area is 132 Å². The van der Waals surface area contributed by atoms with Crippen molar-refractivity contribution in [3.63, 3.8) is 0 Å². The fourth-order valence-corrected chi connectivity index (χ4v) is 2.99. The Bertz CT molecular complexity index is 587. The third-order valence-corrected chi connectivity index (χ3v) is 4.52. The van der Waals surface area contributed by atoms with Gasteiger partial charge in [-0.15, -0.1) is 0 Å². The average molecular weight is 300 g/mol. The van der Waals surface area contributed by atoms with Gasteiger partial charge in [-0.3, -0.25) is 0 Å². The average Bonchev–Trinajstić information content (AvgIpc) is 3.30. The Hall–Kier alpha value is -1.31. The molecule has 1 atom stereocenters. The molecule has 21 heavy (non-hydrogen) atoms. The van der Waals surface area contributed by atoms with Crippen LogP contribution in [0.4, 0.5) is 0 Å². The molecule has 1 unspecified atom stereocenters. The smallest absolute Gasteiger partial charge is 0.0441 e. The third kappa shape index (κ3) is 4.09. The molecule has 0 radical (unpaired) electrons. The number of benzene rings is 2. The van der Waals surface area contributed by atoms with E-state index < -0.39 is 0 Å². The number of nitrogens with one attached hydrogen (secondary N) is 1. The van der Waals surface area contributed by atoms with Crippen LogP contribution in [0.15, 0.2) is 48.5 Å². The minimum atomic E-state index is 0.432. The van der Waals surface area contributed by atoms with Crippen LogP contribution in [0.1, 0.15) is 35.4 Å². The first-order chi connectivity index (χ1) is 10.2. The summed E-state index contributed by atoms with van der Waals surface area (Å²) in [6, 6.07) is 17.8. The Morgan fingerprint density at radius 3 is 2.48 bits per heavy atom. The van der Waals surface area contributed by atoms with Crippen molar-refractivity contribution in [1.82, 2.24) is 5.32 Å². The van der Waals surface area contributed by atoms with E-state index in [1.165, 1.54) is 29.5 Å². The first-order valence-corrected chi connectivity index (χ1v) is 8.13. The minimum Gasteiger partial charge on any atom is -0.313 e. The van der Waals surface area contributed by atoms with Crippen molar-refractivity contribution in [2.45, 2.75) is 38.1 Å². The SMILES string of the molecule is Cc1ccc(CC(CNC2CC2)c2ccccc2Cl)cc1. The van der Waals surface area contributed by atoms with Crippen LogP contribution in [0, 0.1) is 6.92 Å². The lowest BCUT2D eigenvalue weighted by Crippen LogP contribution is -2.25. The highest BCUT2D eigenvalue weighted by molar-refractivity contribution is 6.31. The molecule has 3 rings (SSSR count). The van der Waals surface area contributed by atoms with Crippen LogP contribution in [0.5, 0.6) is 0 Å². The van der Waals surface area contributed by atoms with Crippen molar-refractivity contribution < 1.29 is 0 Å². The summed E-state index contributed by atoms with van der Waals surface area (Å²) >= 11 is 6.41. The van der Waals surface area contributed by atoms with Crippen molar-refractivity contribution in [1.29, 1.82) is 0 Å². The maximum Gasteiger partial charge on any atom is 0.0441 e. The van der Waals surface area contributed by atoms with Crippen LogP contribution in [0.25, 0.3) is 0 Å². The van der Waals surface area contributed by atoms with Crippen LogP contribution in [0.2, 0.25) is 5.02 Å². The molecule has 1 nitrogen and oxygen atoms in total. The fraction of sp³-hybridized carbons (Fsp3) is 0.368. The first kappa shape index (κ1) is 14.6. The van der Waals surface area contributed by atoms with Gasteiger partial charge in [-0.1, -0.05) is 59.6 Å². The van der Waals surface area contributed by atoms with Crippen LogP contribution < -0.4 is 5.32 Å². The molecule has 1 aliphatic rings. The quantitative estimate of drug-likeness (QED) is 0.813. The summed E-state index contributed by atoms with van der Waals surface area (Å²) in [6.07, 6.45) is 3.67. The monoisotopic (exact) mass is 299 g/mol. The lowest BCUT2D eigenvalue weighted by atomic mass is 9.91. The van der Waals surface area contributed by atoms with Crippen molar-refractivity contribution in [2.75, 3.05) is 6.54 Å². The summed E-state index contributed by atoms with van der Waals surface area (Å²) in [6.45, 7) is 3.13. The van der Waals surface area contributed by atoms with Crippen LogP contribution in [-0.2, 0) is 6.42 Å². The molecular weight excluding hydrogens is 278 g/mol. The molecule has 0 spiro atoms. The van der Waals surface area contributed by atoms with Gasteiger partial charge in [0.05, 0.1) is 0 Å². The van der Waals surface area contributed by atoms with E-state index >= 15 is 0 Å². The second-order valence-electron chi connectivity index (χ2n) is 6.09. The predicted molar refractivity (Wildman–Crippen MR) is 90.1 cm³/mol. The van der Waals surface area contributed by atoms with Gasteiger partial charge in [-0.25, -0.2) is 0 Å². The van der Waals surface area contributed by atoms with Crippen molar-refractivity contribution in [3.8, 4) is 0 Å². The molecule has 0 heterocycles. The fourth-order valence-electron chi connectivity index (χ4n) is 2.70. The highest BCUT2D eigenvalue weighted by Gasteiger charge is 2.23. The Morgan fingerprint density at radius 1 is 1.10 bits per heavy atom. The van der Waals surface area contributed by atoms with E-state index in [-0.39, 0.29) is 0 Å². The topological polar surface area (TPSA) is 12.0 Å². The Morgan fingerprint density at radius 2 is 1.81 bits per heavy atom. The summed E-state index contributed by atoms with van der Waals surface area (Å²) < 4.78 is 0. The molecule has 0 amide bonds. The molecule has 110 valence electrons. The zero-order chi connectivity index (χ0) is 14.7. The summed E-state index contributed by atoms with van der Waals surface area (Å²) in [4.78, 5) is 0. The van der Waals surface area contributed by atoms with Gasteiger partial charge in [-0.2, -0.15) is 0 Å². The van der Waals surface area contributed by atoms with E-state index in [0.717, 1.165) is 24.0 Å². The predicted octanol–water partition coefficient (Wildman–Crippen LogP) is 4.73. The van der Waals surface area contributed by atoms with Gasteiger partial charge in [-0.05, 0) is 43.4 Å². The van der Waals surface area contributed by atoms with Crippen LogP contribution in [0.3, 0.4) is 0 Å². The van der Waals surface area contributed by atoms with Gasteiger partial charge < -0.3 is 5.32 Å². The van der Waals surface area contributed by atoms with Crippen molar-refractivity contribution >= 4 is 11.6 Å². The molecule has 1 fully saturated rings.